The Balaban J connectivity index is 2.24. The molecule has 6 nitrogen and oxygen atoms in total. The molecule has 20 heavy (non-hydrogen) atoms. The van der Waals surface area contributed by atoms with Crippen LogP contribution in [-0.2, 0) is 9.59 Å². The highest BCUT2D eigenvalue weighted by Crippen LogP contribution is 2.33. The van der Waals surface area contributed by atoms with E-state index in [1.165, 1.54) is 24.4 Å². The fraction of sp³-hybridized carbons (Fsp3) is 0.308. The van der Waals surface area contributed by atoms with Crippen molar-refractivity contribution in [3.63, 3.8) is 0 Å². The van der Waals surface area contributed by atoms with Crippen molar-refractivity contribution < 1.29 is 24.6 Å². The van der Waals surface area contributed by atoms with Crippen molar-refractivity contribution in [3.05, 3.63) is 35.4 Å². The number of benzene rings is 1. The third-order valence-electron chi connectivity index (χ3n) is 3.53. The van der Waals surface area contributed by atoms with Crippen LogP contribution in [0.15, 0.2) is 24.3 Å². The number of carbonyl (C=O) groups is 3. The quantitative estimate of drug-likeness (QED) is 0.597. The van der Waals surface area contributed by atoms with Crippen molar-refractivity contribution in [2.75, 3.05) is 6.54 Å². The molecule has 2 rings (SSSR count). The van der Waals surface area contributed by atoms with E-state index in [1.807, 2.05) is 0 Å². The Bertz CT molecular complexity index is 530. The molecule has 1 aromatic carbocycles. The fourth-order valence-electron chi connectivity index (χ4n) is 2.60. The van der Waals surface area contributed by atoms with Gasteiger partial charge < -0.3 is 19.8 Å². The van der Waals surface area contributed by atoms with Crippen molar-refractivity contribution in [3.8, 4) is 0 Å². The smallest absolute Gasteiger partial charge is 0.335 e. The minimum Gasteiger partial charge on any atom is -0.480 e. The molecule has 0 unspecified atom stereocenters. The molecule has 103 valence electrons. The van der Waals surface area contributed by atoms with Gasteiger partial charge in [0.15, 0.2) is 0 Å². The van der Waals surface area contributed by atoms with Crippen molar-refractivity contribution >= 4 is 25.5 Å². The van der Waals surface area contributed by atoms with Crippen LogP contribution < -0.4 is 0 Å². The molecule has 2 atom stereocenters. The van der Waals surface area contributed by atoms with Crippen molar-refractivity contribution in [2.45, 2.75) is 18.4 Å². The lowest BCUT2D eigenvalue weighted by Gasteiger charge is -2.22. The molecule has 0 aromatic heterocycles. The van der Waals surface area contributed by atoms with Crippen LogP contribution in [0, 0.1) is 0 Å². The molecule has 1 radical (unpaired) electrons. The van der Waals surface area contributed by atoms with Gasteiger partial charge in [-0.3, -0.25) is 4.79 Å². The molecule has 0 saturated carbocycles. The molecule has 1 aliphatic heterocycles. The number of carbonyl (C=O) groups excluding carboxylic acids is 1. The molecule has 0 bridgehead atoms. The van der Waals surface area contributed by atoms with Crippen molar-refractivity contribution in [1.29, 1.82) is 0 Å². The first-order valence-electron chi connectivity index (χ1n) is 6.15. The zero-order valence-electron chi connectivity index (χ0n) is 10.6. The number of nitrogens with zero attached hydrogens (tertiary/aromatic N) is 1. The number of aliphatic carboxylic acids is 1. The monoisotopic (exact) mass is 274 g/mol. The highest BCUT2D eigenvalue weighted by Gasteiger charge is 2.39. The predicted molar refractivity (Wildman–Crippen MR) is 71.4 cm³/mol. The van der Waals surface area contributed by atoms with Crippen LogP contribution in [0.3, 0.4) is 0 Å². The first-order valence-corrected chi connectivity index (χ1v) is 6.15. The summed E-state index contributed by atoms with van der Waals surface area (Å²) in [5, 5.41) is 18.2. The molecule has 1 aromatic rings. The summed E-state index contributed by atoms with van der Waals surface area (Å²) >= 11 is 0. The molecule has 1 saturated heterocycles. The largest absolute Gasteiger partial charge is 0.480 e. The number of hydrogen-bond donors (Lipinski definition) is 2. The molecule has 0 spiro atoms. The molecule has 0 amide bonds. The highest BCUT2D eigenvalue weighted by molar-refractivity contribution is 6.64. The normalized spacial score (nSPS) is 22.4. The number of hydrogen-bond acceptors (Lipinski definition) is 4. The third kappa shape index (κ3) is 2.72. The number of rotatable bonds is 5. The van der Waals surface area contributed by atoms with E-state index in [1.54, 1.807) is 12.1 Å². The predicted octanol–water partition coefficient (Wildman–Crippen LogP) is 0.437. The van der Waals surface area contributed by atoms with Crippen LogP contribution in [0.4, 0.5) is 0 Å². The van der Waals surface area contributed by atoms with Gasteiger partial charge in [0.05, 0.1) is 11.7 Å². The molecule has 7 heteroatoms. The fourth-order valence-corrected chi connectivity index (χ4v) is 2.60. The number of aromatic carboxylic acids is 1. The van der Waals surface area contributed by atoms with Gasteiger partial charge in [0, 0.05) is 5.92 Å². The minimum atomic E-state index is -1.02. The van der Waals surface area contributed by atoms with E-state index < -0.39 is 18.0 Å². The molecule has 2 N–H and O–H groups in total. The maximum atomic E-state index is 11.4. The molecular formula is C13H13BNO5. The van der Waals surface area contributed by atoms with Gasteiger partial charge in [0.1, 0.15) is 6.04 Å². The zero-order valence-corrected chi connectivity index (χ0v) is 10.6. The van der Waals surface area contributed by atoms with Crippen molar-refractivity contribution in [1.82, 2.24) is 4.81 Å². The average Bonchev–Trinajstić information content (AvgIpc) is 2.83. The Morgan fingerprint density at radius 3 is 2.40 bits per heavy atom. The van der Waals surface area contributed by atoms with Gasteiger partial charge in [0.2, 0.25) is 0 Å². The summed E-state index contributed by atoms with van der Waals surface area (Å²) < 4.78 is 0. The minimum absolute atomic E-state index is 0.162. The van der Waals surface area contributed by atoms with Crippen LogP contribution in [0.5, 0.6) is 0 Å². The first-order chi connectivity index (χ1) is 9.54. The van der Waals surface area contributed by atoms with E-state index >= 15 is 0 Å². The van der Waals surface area contributed by atoms with Crippen LogP contribution >= 0.6 is 0 Å². The standard InChI is InChI=1S/C13H13BNO5/c16-7-14-15-6-5-10(11(15)13(19)20)8-1-3-9(4-2-8)12(17)18/h1-4,7,10-11H,5-6H2,(H,17,18)(H,19,20)/t10-,11+/m1/s1. The molecule has 1 fully saturated rings. The Labute approximate surface area is 116 Å². The van der Waals surface area contributed by atoms with E-state index in [-0.39, 0.29) is 11.5 Å². The van der Waals surface area contributed by atoms with Crippen molar-refractivity contribution in [2.24, 2.45) is 0 Å². The highest BCUT2D eigenvalue weighted by atomic mass is 16.4. The Kier molecular flexibility index (Phi) is 4.19. The number of carboxylic acid groups (broad SMARTS) is 2. The van der Waals surface area contributed by atoms with Crippen LogP contribution in [0.25, 0.3) is 0 Å². The SMILES string of the molecule is O=C[B]N1CC[C@H](c2ccc(C(=O)O)cc2)[C@H]1C(=O)O. The second-order valence-electron chi connectivity index (χ2n) is 4.63. The Hall–Kier alpha value is -2.15. The summed E-state index contributed by atoms with van der Waals surface area (Å²) in [7, 11) is 1.24. The van der Waals surface area contributed by atoms with Gasteiger partial charge in [-0.15, -0.1) is 0 Å². The summed E-state index contributed by atoms with van der Waals surface area (Å²) in [5.41, 5.74) is 0.930. The number of carboxylic acids is 2. The van der Waals surface area contributed by atoms with Gasteiger partial charge in [-0.2, -0.15) is 0 Å². The van der Waals surface area contributed by atoms with Gasteiger partial charge in [-0.1, -0.05) is 12.1 Å². The molecular weight excluding hydrogens is 261 g/mol. The lowest BCUT2D eigenvalue weighted by atomic mass is 9.87. The molecule has 1 heterocycles. The first kappa shape index (κ1) is 14.3. The van der Waals surface area contributed by atoms with Gasteiger partial charge >= 0.3 is 11.9 Å². The zero-order chi connectivity index (χ0) is 14.7. The Morgan fingerprint density at radius 1 is 1.25 bits per heavy atom. The topological polar surface area (TPSA) is 94.9 Å². The maximum Gasteiger partial charge on any atom is 0.335 e. The van der Waals surface area contributed by atoms with E-state index in [0.29, 0.717) is 19.2 Å². The molecule has 1 aliphatic rings. The second-order valence-corrected chi connectivity index (χ2v) is 4.63. The van der Waals surface area contributed by atoms with E-state index in [9.17, 15) is 19.5 Å². The third-order valence-corrected chi connectivity index (χ3v) is 3.53. The Morgan fingerprint density at radius 2 is 1.90 bits per heavy atom. The van der Waals surface area contributed by atoms with E-state index in [0.717, 1.165) is 5.56 Å². The lowest BCUT2D eigenvalue weighted by Crippen LogP contribution is -2.41. The van der Waals surface area contributed by atoms with Gasteiger partial charge in [-0.05, 0) is 30.7 Å². The summed E-state index contributed by atoms with van der Waals surface area (Å²) in [5.74, 6) is -2.27. The summed E-state index contributed by atoms with van der Waals surface area (Å²) in [4.78, 5) is 34.2. The van der Waals surface area contributed by atoms with E-state index in [2.05, 4.69) is 0 Å². The second kappa shape index (κ2) is 5.87. The summed E-state index contributed by atoms with van der Waals surface area (Å²) in [6.45, 7) is 0.487. The molecule has 0 aliphatic carbocycles. The average molecular weight is 274 g/mol. The van der Waals surface area contributed by atoms with Crippen LogP contribution in [0.1, 0.15) is 28.3 Å². The summed E-state index contributed by atoms with van der Waals surface area (Å²) in [6.07, 6.45) is 1.18. The van der Waals surface area contributed by atoms with E-state index in [4.69, 9.17) is 5.11 Å². The maximum absolute atomic E-state index is 11.4. The summed E-state index contributed by atoms with van der Waals surface area (Å²) in [6, 6.07) is 5.39. The lowest BCUT2D eigenvalue weighted by molar-refractivity contribution is -0.141. The van der Waals surface area contributed by atoms with Gasteiger partial charge in [-0.25, -0.2) is 4.79 Å². The van der Waals surface area contributed by atoms with Crippen LogP contribution in [-0.4, -0.2) is 53.1 Å². The van der Waals surface area contributed by atoms with Crippen LogP contribution in [0.2, 0.25) is 0 Å². The van der Waals surface area contributed by atoms with Gasteiger partial charge in [0.25, 0.3) is 7.41 Å².